The van der Waals surface area contributed by atoms with Crippen LogP contribution in [0.1, 0.15) is 40.0 Å². The molecular formula is C19H22F2N4O2. The van der Waals surface area contributed by atoms with Crippen LogP contribution in [0, 0.1) is 6.92 Å². The Morgan fingerprint density at radius 2 is 1.96 bits per heavy atom. The number of hydrogen-bond acceptors (Lipinski definition) is 4. The first-order valence-corrected chi connectivity index (χ1v) is 9.10. The molecule has 1 amide bonds. The zero-order valence-electron chi connectivity index (χ0n) is 15.1. The third-order valence-corrected chi connectivity index (χ3v) is 5.20. The summed E-state index contributed by atoms with van der Waals surface area (Å²) in [5, 5.41) is 7.39. The highest BCUT2D eigenvalue weighted by atomic mass is 19.3. The standard InChI is InChI=1S/C19H22F2N4O2/c1-12-2-4-13(5-3-12)15-10-16(17(20)21)25-18(23-15)14(11-22-25)19(26)24-6-8-27-9-7-24/h2-5,11,15-17,23H,6-10H2,1H3/t15-,16+/m0/s1. The van der Waals surface area contributed by atoms with E-state index in [4.69, 9.17) is 4.74 Å². The van der Waals surface area contributed by atoms with Gasteiger partial charge in [-0.05, 0) is 18.9 Å². The number of halogens is 2. The fourth-order valence-electron chi connectivity index (χ4n) is 3.64. The number of hydrogen-bond donors (Lipinski definition) is 1. The first kappa shape index (κ1) is 17.9. The minimum atomic E-state index is -2.56. The van der Waals surface area contributed by atoms with Crippen LogP contribution in [0.15, 0.2) is 30.5 Å². The van der Waals surface area contributed by atoms with Gasteiger partial charge >= 0.3 is 0 Å². The second-order valence-electron chi connectivity index (χ2n) is 7.00. The van der Waals surface area contributed by atoms with Crippen molar-refractivity contribution in [3.05, 3.63) is 47.2 Å². The molecule has 8 heteroatoms. The quantitative estimate of drug-likeness (QED) is 0.895. The van der Waals surface area contributed by atoms with Crippen LogP contribution in [0.2, 0.25) is 0 Å². The van der Waals surface area contributed by atoms with Crippen LogP contribution in [0.3, 0.4) is 0 Å². The molecule has 0 unspecified atom stereocenters. The fourth-order valence-corrected chi connectivity index (χ4v) is 3.64. The molecule has 3 heterocycles. The number of ether oxygens (including phenoxy) is 1. The van der Waals surface area contributed by atoms with Crippen LogP contribution < -0.4 is 5.32 Å². The Morgan fingerprint density at radius 1 is 1.26 bits per heavy atom. The van der Waals surface area contributed by atoms with Crippen molar-refractivity contribution in [1.82, 2.24) is 14.7 Å². The summed E-state index contributed by atoms with van der Waals surface area (Å²) in [6.45, 7) is 3.92. The first-order valence-electron chi connectivity index (χ1n) is 9.10. The predicted molar refractivity (Wildman–Crippen MR) is 96.2 cm³/mol. The average molecular weight is 376 g/mol. The van der Waals surface area contributed by atoms with Gasteiger partial charge in [-0.25, -0.2) is 13.5 Å². The van der Waals surface area contributed by atoms with Crippen LogP contribution in [-0.2, 0) is 4.74 Å². The number of carbonyl (C=O) groups is 1. The van der Waals surface area contributed by atoms with Crippen LogP contribution in [0.5, 0.6) is 0 Å². The smallest absolute Gasteiger partial charge is 0.260 e. The lowest BCUT2D eigenvalue weighted by molar-refractivity contribution is 0.0302. The lowest BCUT2D eigenvalue weighted by Crippen LogP contribution is -2.41. The molecule has 2 aromatic rings. The van der Waals surface area contributed by atoms with E-state index in [1.54, 1.807) is 4.90 Å². The van der Waals surface area contributed by atoms with Crippen LogP contribution in [0.4, 0.5) is 14.6 Å². The van der Waals surface area contributed by atoms with Gasteiger partial charge < -0.3 is 15.0 Å². The summed E-state index contributed by atoms with van der Waals surface area (Å²) in [5.74, 6) is 0.165. The summed E-state index contributed by atoms with van der Waals surface area (Å²) in [6, 6.07) is 6.42. The Hall–Kier alpha value is -2.48. The van der Waals surface area contributed by atoms with Crippen molar-refractivity contribution in [2.45, 2.75) is 31.9 Å². The van der Waals surface area contributed by atoms with Gasteiger partial charge in [0.15, 0.2) is 0 Å². The number of benzene rings is 1. The molecule has 144 valence electrons. The summed E-state index contributed by atoms with van der Waals surface area (Å²) in [7, 11) is 0. The van der Waals surface area contributed by atoms with Crippen molar-refractivity contribution in [2.24, 2.45) is 0 Å². The van der Waals surface area contributed by atoms with E-state index in [1.807, 2.05) is 31.2 Å². The maximum absolute atomic E-state index is 13.7. The monoisotopic (exact) mass is 376 g/mol. The van der Waals surface area contributed by atoms with Crippen molar-refractivity contribution >= 4 is 11.7 Å². The number of nitrogens with one attached hydrogen (secondary N) is 1. The molecule has 1 saturated heterocycles. The minimum Gasteiger partial charge on any atom is -0.378 e. The number of aryl methyl sites for hydroxylation is 1. The normalized spacial score (nSPS) is 22.4. The lowest BCUT2D eigenvalue weighted by atomic mass is 9.96. The molecule has 1 fully saturated rings. The number of rotatable bonds is 3. The van der Waals surface area contributed by atoms with E-state index in [2.05, 4.69) is 10.4 Å². The molecule has 1 N–H and O–H groups in total. The third-order valence-electron chi connectivity index (χ3n) is 5.20. The highest BCUT2D eigenvalue weighted by Crippen LogP contribution is 2.39. The molecule has 27 heavy (non-hydrogen) atoms. The van der Waals surface area contributed by atoms with Crippen molar-refractivity contribution < 1.29 is 18.3 Å². The van der Waals surface area contributed by atoms with E-state index in [-0.39, 0.29) is 18.4 Å². The summed E-state index contributed by atoms with van der Waals surface area (Å²) in [4.78, 5) is 14.6. The molecule has 0 radical (unpaired) electrons. The maximum atomic E-state index is 13.7. The Balaban J connectivity index is 1.67. The molecule has 0 bridgehead atoms. The Kier molecular flexibility index (Phi) is 4.82. The molecule has 1 aromatic carbocycles. The third kappa shape index (κ3) is 3.41. The fraction of sp³-hybridized carbons (Fsp3) is 0.474. The number of carbonyl (C=O) groups excluding carboxylic acids is 1. The summed E-state index contributed by atoms with van der Waals surface area (Å²) < 4.78 is 34.0. The van der Waals surface area contributed by atoms with E-state index in [0.29, 0.717) is 37.7 Å². The number of aromatic nitrogens is 2. The molecular weight excluding hydrogens is 354 g/mol. The number of anilines is 1. The van der Waals surface area contributed by atoms with Crippen LogP contribution in [0.25, 0.3) is 0 Å². The van der Waals surface area contributed by atoms with Gasteiger partial charge in [-0.2, -0.15) is 5.10 Å². The van der Waals surface area contributed by atoms with Crippen LogP contribution >= 0.6 is 0 Å². The second-order valence-corrected chi connectivity index (χ2v) is 7.00. The molecule has 0 spiro atoms. The van der Waals surface area contributed by atoms with Gasteiger partial charge in [-0.3, -0.25) is 4.79 Å². The molecule has 6 nitrogen and oxygen atoms in total. The summed E-state index contributed by atoms with van der Waals surface area (Å²) in [6.07, 6.45) is -0.960. The minimum absolute atomic E-state index is 0.204. The van der Waals surface area contributed by atoms with E-state index in [0.717, 1.165) is 11.1 Å². The zero-order chi connectivity index (χ0) is 19.0. The number of nitrogens with zero attached hydrogens (tertiary/aromatic N) is 3. The Morgan fingerprint density at radius 3 is 2.63 bits per heavy atom. The first-order chi connectivity index (χ1) is 13.0. The second kappa shape index (κ2) is 7.26. The number of morpholine rings is 1. The van der Waals surface area contributed by atoms with E-state index in [1.165, 1.54) is 10.9 Å². The van der Waals surface area contributed by atoms with Crippen LogP contribution in [-0.4, -0.2) is 53.3 Å². The maximum Gasteiger partial charge on any atom is 0.260 e. The van der Waals surface area contributed by atoms with E-state index in [9.17, 15) is 13.6 Å². The SMILES string of the molecule is Cc1ccc([C@@H]2C[C@H](C(F)F)n3ncc(C(=O)N4CCOCC4)c3N2)cc1. The number of amides is 1. The van der Waals surface area contributed by atoms with Crippen molar-refractivity contribution in [3.8, 4) is 0 Å². The molecule has 0 saturated carbocycles. The van der Waals surface area contributed by atoms with Crippen molar-refractivity contribution in [3.63, 3.8) is 0 Å². The zero-order valence-corrected chi connectivity index (χ0v) is 15.1. The van der Waals surface area contributed by atoms with Gasteiger partial charge in [-0.15, -0.1) is 0 Å². The number of alkyl halides is 2. The van der Waals surface area contributed by atoms with Gasteiger partial charge in [0.2, 0.25) is 0 Å². The summed E-state index contributed by atoms with van der Waals surface area (Å²) in [5.41, 5.74) is 2.36. The Bertz CT molecular complexity index is 816. The van der Waals surface area contributed by atoms with E-state index >= 15 is 0 Å². The van der Waals surface area contributed by atoms with Gasteiger partial charge in [0.05, 0.1) is 25.5 Å². The largest absolute Gasteiger partial charge is 0.378 e. The molecule has 2 aliphatic heterocycles. The number of fused-ring (bicyclic) bond motifs is 1. The van der Waals surface area contributed by atoms with Gasteiger partial charge in [0.1, 0.15) is 17.4 Å². The molecule has 2 aliphatic rings. The van der Waals surface area contributed by atoms with Gasteiger partial charge in [-0.1, -0.05) is 29.8 Å². The predicted octanol–water partition coefficient (Wildman–Crippen LogP) is 3.03. The highest BCUT2D eigenvalue weighted by Gasteiger charge is 2.37. The van der Waals surface area contributed by atoms with Gasteiger partial charge in [0.25, 0.3) is 12.3 Å². The lowest BCUT2D eigenvalue weighted by Gasteiger charge is -2.33. The summed E-state index contributed by atoms with van der Waals surface area (Å²) >= 11 is 0. The van der Waals surface area contributed by atoms with E-state index < -0.39 is 12.5 Å². The Labute approximate surface area is 156 Å². The molecule has 2 atom stereocenters. The van der Waals surface area contributed by atoms with Crippen molar-refractivity contribution in [2.75, 3.05) is 31.6 Å². The highest BCUT2D eigenvalue weighted by molar-refractivity contribution is 5.99. The molecule has 4 rings (SSSR count). The topological polar surface area (TPSA) is 59.4 Å². The average Bonchev–Trinajstić information content (AvgIpc) is 3.11. The molecule has 1 aromatic heterocycles. The molecule has 0 aliphatic carbocycles. The van der Waals surface area contributed by atoms with Gasteiger partial charge in [0, 0.05) is 13.1 Å². The van der Waals surface area contributed by atoms with Crippen molar-refractivity contribution in [1.29, 1.82) is 0 Å².